The highest BCUT2D eigenvalue weighted by Crippen LogP contribution is 2.21. The van der Waals surface area contributed by atoms with Crippen molar-refractivity contribution in [1.82, 2.24) is 0 Å². The van der Waals surface area contributed by atoms with Gasteiger partial charge in [-0.05, 0) is 49.6 Å². The number of hydrogen-bond donors (Lipinski definition) is 1. The van der Waals surface area contributed by atoms with E-state index in [0.717, 1.165) is 12.2 Å². The quantitative estimate of drug-likeness (QED) is 0.889. The number of hydrogen-bond acceptors (Lipinski definition) is 2. The third-order valence-electron chi connectivity index (χ3n) is 3.25. The van der Waals surface area contributed by atoms with Crippen molar-refractivity contribution in [3.63, 3.8) is 0 Å². The zero-order valence-electron chi connectivity index (χ0n) is 11.6. The molecule has 2 rings (SSSR count). The van der Waals surface area contributed by atoms with Crippen molar-refractivity contribution in [2.45, 2.75) is 26.9 Å². The summed E-state index contributed by atoms with van der Waals surface area (Å²) >= 11 is 0. The van der Waals surface area contributed by atoms with E-state index in [1.165, 1.54) is 22.3 Å². The highest BCUT2D eigenvalue weighted by atomic mass is 16.5. The van der Waals surface area contributed by atoms with Crippen LogP contribution in [0.5, 0.6) is 5.75 Å². The number of nitrogens with two attached hydrogens (primary N) is 1. The predicted molar refractivity (Wildman–Crippen MR) is 79.4 cm³/mol. The highest BCUT2D eigenvalue weighted by molar-refractivity contribution is 5.36. The average molecular weight is 255 g/mol. The zero-order chi connectivity index (χ0) is 13.7. The molecule has 100 valence electrons. The third-order valence-corrected chi connectivity index (χ3v) is 3.25. The molecule has 0 bridgehead atoms. The Bertz CT molecular complexity index is 549. The summed E-state index contributed by atoms with van der Waals surface area (Å²) in [5, 5.41) is 0. The van der Waals surface area contributed by atoms with E-state index in [9.17, 15) is 0 Å². The number of ether oxygens (including phenoxy) is 1. The molecule has 2 aromatic rings. The summed E-state index contributed by atoms with van der Waals surface area (Å²) in [6.07, 6.45) is 0.895. The van der Waals surface area contributed by atoms with Gasteiger partial charge in [-0.25, -0.2) is 0 Å². The summed E-state index contributed by atoms with van der Waals surface area (Å²) in [6, 6.07) is 14.6. The van der Waals surface area contributed by atoms with Gasteiger partial charge in [0, 0.05) is 0 Å². The molecule has 2 nitrogen and oxygen atoms in total. The molecular formula is C17H21NO. The second kappa shape index (κ2) is 6.39. The summed E-state index contributed by atoms with van der Waals surface area (Å²) in [5.41, 5.74) is 10.6. The molecule has 0 saturated carbocycles. The first-order valence-electron chi connectivity index (χ1n) is 6.67. The minimum atomic E-state index is 0.597. The lowest BCUT2D eigenvalue weighted by Gasteiger charge is -2.12. The van der Waals surface area contributed by atoms with Gasteiger partial charge in [0.05, 0.1) is 0 Å². The van der Waals surface area contributed by atoms with Crippen LogP contribution in [0.25, 0.3) is 0 Å². The lowest BCUT2D eigenvalue weighted by molar-refractivity contribution is 0.303. The third kappa shape index (κ3) is 3.58. The molecule has 0 fully saturated rings. The van der Waals surface area contributed by atoms with Gasteiger partial charge >= 0.3 is 0 Å². The SMILES string of the molecule is Cc1ccc(OCc2ccccc2CCN)c(C)c1. The van der Waals surface area contributed by atoms with E-state index in [0.29, 0.717) is 13.2 Å². The molecule has 0 unspecified atom stereocenters. The second-order valence-corrected chi connectivity index (χ2v) is 4.87. The van der Waals surface area contributed by atoms with Crippen LogP contribution in [0.4, 0.5) is 0 Å². The van der Waals surface area contributed by atoms with Crippen LogP contribution < -0.4 is 10.5 Å². The van der Waals surface area contributed by atoms with Crippen LogP contribution in [0, 0.1) is 13.8 Å². The van der Waals surface area contributed by atoms with Crippen LogP contribution in [-0.2, 0) is 13.0 Å². The van der Waals surface area contributed by atoms with Crippen molar-refractivity contribution in [2.75, 3.05) is 6.54 Å². The largest absolute Gasteiger partial charge is 0.489 e. The van der Waals surface area contributed by atoms with Gasteiger partial charge in [-0.2, -0.15) is 0 Å². The van der Waals surface area contributed by atoms with Crippen LogP contribution in [0.3, 0.4) is 0 Å². The van der Waals surface area contributed by atoms with E-state index in [1.807, 2.05) is 18.2 Å². The summed E-state index contributed by atoms with van der Waals surface area (Å²) in [4.78, 5) is 0. The monoisotopic (exact) mass is 255 g/mol. The lowest BCUT2D eigenvalue weighted by Crippen LogP contribution is -2.07. The normalized spacial score (nSPS) is 10.5. The summed E-state index contributed by atoms with van der Waals surface area (Å²) in [6.45, 7) is 5.43. The molecule has 0 spiro atoms. The summed E-state index contributed by atoms with van der Waals surface area (Å²) in [5.74, 6) is 0.952. The maximum Gasteiger partial charge on any atom is 0.122 e. The molecule has 19 heavy (non-hydrogen) atoms. The Morgan fingerprint density at radius 1 is 1.00 bits per heavy atom. The van der Waals surface area contributed by atoms with Gasteiger partial charge in [0.2, 0.25) is 0 Å². The minimum Gasteiger partial charge on any atom is -0.489 e. The zero-order valence-corrected chi connectivity index (χ0v) is 11.6. The van der Waals surface area contributed by atoms with Gasteiger partial charge in [0.25, 0.3) is 0 Å². The van der Waals surface area contributed by atoms with Crippen LogP contribution in [0.2, 0.25) is 0 Å². The van der Waals surface area contributed by atoms with Crippen LogP contribution in [0.1, 0.15) is 22.3 Å². The average Bonchev–Trinajstić information content (AvgIpc) is 2.40. The van der Waals surface area contributed by atoms with E-state index < -0.39 is 0 Å². The van der Waals surface area contributed by atoms with E-state index in [1.54, 1.807) is 0 Å². The smallest absolute Gasteiger partial charge is 0.122 e. The second-order valence-electron chi connectivity index (χ2n) is 4.87. The van der Waals surface area contributed by atoms with Crippen LogP contribution >= 0.6 is 0 Å². The first-order chi connectivity index (χ1) is 9.20. The van der Waals surface area contributed by atoms with E-state index in [-0.39, 0.29) is 0 Å². The first-order valence-corrected chi connectivity index (χ1v) is 6.67. The molecule has 2 aromatic carbocycles. The van der Waals surface area contributed by atoms with Crippen molar-refractivity contribution >= 4 is 0 Å². The van der Waals surface area contributed by atoms with Gasteiger partial charge in [-0.15, -0.1) is 0 Å². The molecule has 0 aliphatic carbocycles. The van der Waals surface area contributed by atoms with Gasteiger partial charge in [-0.3, -0.25) is 0 Å². The lowest BCUT2D eigenvalue weighted by atomic mass is 10.1. The predicted octanol–water partition coefficient (Wildman–Crippen LogP) is 3.38. The van der Waals surface area contributed by atoms with Crippen molar-refractivity contribution in [1.29, 1.82) is 0 Å². The molecule has 0 amide bonds. The first kappa shape index (κ1) is 13.6. The van der Waals surface area contributed by atoms with Crippen LogP contribution in [-0.4, -0.2) is 6.54 Å². The fourth-order valence-corrected chi connectivity index (χ4v) is 2.21. The molecule has 0 atom stereocenters. The van der Waals surface area contributed by atoms with Crippen molar-refractivity contribution in [2.24, 2.45) is 5.73 Å². The van der Waals surface area contributed by atoms with E-state index in [4.69, 9.17) is 10.5 Å². The van der Waals surface area contributed by atoms with Gasteiger partial charge in [0.15, 0.2) is 0 Å². The van der Waals surface area contributed by atoms with Crippen LogP contribution in [0.15, 0.2) is 42.5 Å². The van der Waals surface area contributed by atoms with Crippen molar-refractivity contribution < 1.29 is 4.74 Å². The topological polar surface area (TPSA) is 35.2 Å². The Morgan fingerprint density at radius 2 is 1.74 bits per heavy atom. The van der Waals surface area contributed by atoms with Crippen molar-refractivity contribution in [3.8, 4) is 5.75 Å². The molecule has 2 N–H and O–H groups in total. The number of aryl methyl sites for hydroxylation is 2. The maximum absolute atomic E-state index is 5.92. The molecule has 0 saturated heterocycles. The molecule has 0 aromatic heterocycles. The fraction of sp³-hybridized carbons (Fsp3) is 0.294. The van der Waals surface area contributed by atoms with Crippen molar-refractivity contribution in [3.05, 3.63) is 64.7 Å². The van der Waals surface area contributed by atoms with Gasteiger partial charge < -0.3 is 10.5 Å². The number of rotatable bonds is 5. The van der Waals surface area contributed by atoms with E-state index >= 15 is 0 Å². The molecule has 0 heterocycles. The summed E-state index contributed by atoms with van der Waals surface area (Å²) < 4.78 is 5.92. The Balaban J connectivity index is 2.10. The number of benzene rings is 2. The fourth-order valence-electron chi connectivity index (χ4n) is 2.21. The molecule has 2 heteroatoms. The molecule has 0 radical (unpaired) electrons. The Morgan fingerprint density at radius 3 is 2.42 bits per heavy atom. The van der Waals surface area contributed by atoms with Gasteiger partial charge in [-0.1, -0.05) is 42.0 Å². The standard InChI is InChI=1S/C17H21NO/c1-13-7-8-17(14(2)11-13)19-12-16-6-4-3-5-15(16)9-10-18/h3-8,11H,9-10,12,18H2,1-2H3. The molecule has 0 aliphatic rings. The van der Waals surface area contributed by atoms with Gasteiger partial charge in [0.1, 0.15) is 12.4 Å². The van der Waals surface area contributed by atoms with E-state index in [2.05, 4.69) is 38.1 Å². The Labute approximate surface area is 115 Å². The molecular weight excluding hydrogens is 234 g/mol. The summed E-state index contributed by atoms with van der Waals surface area (Å²) in [7, 11) is 0. The molecule has 0 aliphatic heterocycles. The Hall–Kier alpha value is -1.80. The highest BCUT2D eigenvalue weighted by Gasteiger charge is 2.04. The minimum absolute atomic E-state index is 0.597. The maximum atomic E-state index is 5.92. The Kier molecular flexibility index (Phi) is 4.58.